The SMILES string of the molecule is COC1CCCN(C(c2cccs2)C(C)N)C1. The van der Waals surface area contributed by atoms with Gasteiger partial charge in [0, 0.05) is 24.6 Å². The average molecular weight is 254 g/mol. The molecule has 0 bridgehead atoms. The summed E-state index contributed by atoms with van der Waals surface area (Å²) < 4.78 is 5.49. The van der Waals surface area contributed by atoms with Crippen LogP contribution in [0.5, 0.6) is 0 Å². The van der Waals surface area contributed by atoms with Gasteiger partial charge in [-0.15, -0.1) is 11.3 Å². The zero-order valence-corrected chi connectivity index (χ0v) is 11.5. The normalized spacial score (nSPS) is 25.7. The van der Waals surface area contributed by atoms with E-state index in [-0.39, 0.29) is 6.04 Å². The molecule has 0 aliphatic carbocycles. The molecule has 1 fully saturated rings. The lowest BCUT2D eigenvalue weighted by molar-refractivity contribution is 0.0110. The second kappa shape index (κ2) is 5.96. The first kappa shape index (κ1) is 13.0. The molecule has 0 radical (unpaired) electrons. The fourth-order valence-corrected chi connectivity index (χ4v) is 3.62. The Morgan fingerprint density at radius 3 is 3.00 bits per heavy atom. The minimum absolute atomic E-state index is 0.157. The summed E-state index contributed by atoms with van der Waals surface area (Å²) in [6.45, 7) is 4.23. The fraction of sp³-hybridized carbons (Fsp3) is 0.692. The highest BCUT2D eigenvalue weighted by atomic mass is 32.1. The average Bonchev–Trinajstić information content (AvgIpc) is 2.83. The maximum atomic E-state index is 6.17. The van der Waals surface area contributed by atoms with Gasteiger partial charge in [-0.2, -0.15) is 0 Å². The highest BCUT2D eigenvalue weighted by Gasteiger charge is 2.29. The number of nitrogens with zero attached hydrogens (tertiary/aromatic N) is 1. The predicted octanol–water partition coefficient (Wildman–Crippen LogP) is 2.25. The van der Waals surface area contributed by atoms with Crippen molar-refractivity contribution in [3.8, 4) is 0 Å². The third kappa shape index (κ3) is 3.07. The first-order valence-electron chi connectivity index (χ1n) is 6.28. The predicted molar refractivity (Wildman–Crippen MR) is 72.3 cm³/mol. The molecule has 96 valence electrons. The van der Waals surface area contributed by atoms with Crippen LogP contribution in [0.15, 0.2) is 17.5 Å². The van der Waals surface area contributed by atoms with E-state index in [2.05, 4.69) is 29.3 Å². The topological polar surface area (TPSA) is 38.5 Å². The van der Waals surface area contributed by atoms with Crippen molar-refractivity contribution in [2.75, 3.05) is 20.2 Å². The number of rotatable bonds is 4. The van der Waals surface area contributed by atoms with Gasteiger partial charge in [-0.25, -0.2) is 0 Å². The summed E-state index contributed by atoms with van der Waals surface area (Å²) in [5, 5.41) is 2.13. The zero-order chi connectivity index (χ0) is 12.3. The Hall–Kier alpha value is -0.420. The highest BCUT2D eigenvalue weighted by molar-refractivity contribution is 7.10. The van der Waals surface area contributed by atoms with Crippen molar-refractivity contribution >= 4 is 11.3 Å². The Kier molecular flexibility index (Phi) is 4.56. The molecule has 1 aromatic rings. The molecule has 1 aliphatic heterocycles. The monoisotopic (exact) mass is 254 g/mol. The Morgan fingerprint density at radius 1 is 1.59 bits per heavy atom. The van der Waals surface area contributed by atoms with E-state index in [4.69, 9.17) is 10.5 Å². The molecule has 0 aromatic carbocycles. The number of hydrogen-bond donors (Lipinski definition) is 1. The van der Waals surface area contributed by atoms with Crippen LogP contribution in [0.25, 0.3) is 0 Å². The van der Waals surface area contributed by atoms with E-state index in [1.54, 1.807) is 18.4 Å². The fourth-order valence-electron chi connectivity index (χ4n) is 2.64. The van der Waals surface area contributed by atoms with Gasteiger partial charge >= 0.3 is 0 Å². The van der Waals surface area contributed by atoms with Crippen LogP contribution in [-0.2, 0) is 4.74 Å². The minimum Gasteiger partial charge on any atom is -0.380 e. The van der Waals surface area contributed by atoms with Crippen molar-refractivity contribution in [3.05, 3.63) is 22.4 Å². The van der Waals surface area contributed by atoms with Crippen molar-refractivity contribution in [2.24, 2.45) is 5.73 Å². The Labute approximate surface area is 108 Å². The molecule has 1 saturated heterocycles. The van der Waals surface area contributed by atoms with E-state index < -0.39 is 0 Å². The smallest absolute Gasteiger partial charge is 0.0698 e. The summed E-state index contributed by atoms with van der Waals surface area (Å²) in [6.07, 6.45) is 2.74. The third-order valence-corrected chi connectivity index (χ3v) is 4.41. The maximum Gasteiger partial charge on any atom is 0.0698 e. The van der Waals surface area contributed by atoms with Gasteiger partial charge < -0.3 is 10.5 Å². The van der Waals surface area contributed by atoms with Gasteiger partial charge in [0.2, 0.25) is 0 Å². The molecule has 17 heavy (non-hydrogen) atoms. The first-order chi connectivity index (χ1) is 8.22. The van der Waals surface area contributed by atoms with Crippen LogP contribution >= 0.6 is 11.3 Å². The number of piperidine rings is 1. The molecule has 1 aromatic heterocycles. The van der Waals surface area contributed by atoms with Gasteiger partial charge in [-0.05, 0) is 37.8 Å². The van der Waals surface area contributed by atoms with Gasteiger partial charge in [0.15, 0.2) is 0 Å². The lowest BCUT2D eigenvalue weighted by atomic mass is 10.0. The standard InChI is InChI=1S/C13H22N2OS/c1-10(14)13(12-6-4-8-17-12)15-7-3-5-11(9-15)16-2/h4,6,8,10-11,13H,3,5,7,9,14H2,1-2H3. The van der Waals surface area contributed by atoms with Gasteiger partial charge in [-0.1, -0.05) is 6.07 Å². The van der Waals surface area contributed by atoms with Crippen molar-refractivity contribution in [3.63, 3.8) is 0 Å². The van der Waals surface area contributed by atoms with Gasteiger partial charge in [0.05, 0.1) is 12.1 Å². The lowest BCUT2D eigenvalue weighted by Crippen LogP contribution is -2.46. The largest absolute Gasteiger partial charge is 0.380 e. The van der Waals surface area contributed by atoms with Crippen molar-refractivity contribution in [2.45, 2.75) is 38.0 Å². The molecule has 0 saturated carbocycles. The number of nitrogens with two attached hydrogens (primary N) is 1. The molecular weight excluding hydrogens is 232 g/mol. The van der Waals surface area contributed by atoms with E-state index in [1.807, 2.05) is 0 Å². The lowest BCUT2D eigenvalue weighted by Gasteiger charge is -2.39. The number of methoxy groups -OCH3 is 1. The van der Waals surface area contributed by atoms with Crippen molar-refractivity contribution < 1.29 is 4.74 Å². The number of hydrogen-bond acceptors (Lipinski definition) is 4. The van der Waals surface area contributed by atoms with Crippen LogP contribution in [0.2, 0.25) is 0 Å². The van der Waals surface area contributed by atoms with Crippen LogP contribution in [0, 0.1) is 0 Å². The Balaban J connectivity index is 2.11. The van der Waals surface area contributed by atoms with Crippen molar-refractivity contribution in [1.82, 2.24) is 4.90 Å². The summed E-state index contributed by atoms with van der Waals surface area (Å²) in [4.78, 5) is 3.85. The zero-order valence-electron chi connectivity index (χ0n) is 10.6. The number of likely N-dealkylation sites (tertiary alicyclic amines) is 1. The number of ether oxygens (including phenoxy) is 1. The van der Waals surface area contributed by atoms with E-state index in [0.717, 1.165) is 13.1 Å². The summed E-state index contributed by atoms with van der Waals surface area (Å²) in [6, 6.07) is 4.79. The van der Waals surface area contributed by atoms with E-state index >= 15 is 0 Å². The molecule has 2 heterocycles. The van der Waals surface area contributed by atoms with Crippen LogP contribution in [0.3, 0.4) is 0 Å². The highest BCUT2D eigenvalue weighted by Crippen LogP contribution is 2.30. The number of thiophene rings is 1. The van der Waals surface area contributed by atoms with E-state index in [9.17, 15) is 0 Å². The van der Waals surface area contributed by atoms with Crippen LogP contribution in [-0.4, -0.2) is 37.2 Å². The molecule has 3 unspecified atom stereocenters. The third-order valence-electron chi connectivity index (χ3n) is 3.47. The summed E-state index contributed by atoms with van der Waals surface area (Å²) in [5.74, 6) is 0. The van der Waals surface area contributed by atoms with Crippen LogP contribution in [0.1, 0.15) is 30.7 Å². The van der Waals surface area contributed by atoms with Crippen molar-refractivity contribution in [1.29, 1.82) is 0 Å². The first-order valence-corrected chi connectivity index (χ1v) is 7.16. The molecule has 2 rings (SSSR count). The summed E-state index contributed by atoms with van der Waals surface area (Å²) in [7, 11) is 1.81. The molecule has 0 amide bonds. The second-order valence-corrected chi connectivity index (χ2v) is 5.79. The van der Waals surface area contributed by atoms with Crippen LogP contribution < -0.4 is 5.73 Å². The Bertz CT molecular complexity index is 326. The second-order valence-electron chi connectivity index (χ2n) is 4.81. The molecular formula is C13H22N2OS. The molecule has 2 N–H and O–H groups in total. The Morgan fingerprint density at radius 2 is 2.41 bits per heavy atom. The van der Waals surface area contributed by atoms with Gasteiger partial charge in [-0.3, -0.25) is 4.90 Å². The quantitative estimate of drug-likeness (QED) is 0.895. The van der Waals surface area contributed by atoms with E-state index in [0.29, 0.717) is 12.1 Å². The van der Waals surface area contributed by atoms with Gasteiger partial charge in [0.1, 0.15) is 0 Å². The molecule has 0 spiro atoms. The molecule has 1 aliphatic rings. The van der Waals surface area contributed by atoms with E-state index in [1.165, 1.54) is 17.7 Å². The summed E-state index contributed by atoms with van der Waals surface area (Å²) in [5.41, 5.74) is 6.17. The van der Waals surface area contributed by atoms with Crippen LogP contribution in [0.4, 0.5) is 0 Å². The maximum absolute atomic E-state index is 6.17. The summed E-state index contributed by atoms with van der Waals surface area (Å²) >= 11 is 1.80. The minimum atomic E-state index is 0.157. The van der Waals surface area contributed by atoms with Gasteiger partial charge in [0.25, 0.3) is 0 Å². The molecule has 3 atom stereocenters. The molecule has 3 nitrogen and oxygen atoms in total. The molecule has 4 heteroatoms.